The molecule has 1 aromatic heterocycles. The minimum Gasteiger partial charge on any atom is -0.378 e. The molecule has 0 spiro atoms. The zero-order chi connectivity index (χ0) is 18.4. The highest BCUT2D eigenvalue weighted by Crippen LogP contribution is 2.33. The fraction of sp³-hybridized carbons (Fsp3) is 0.500. The van der Waals surface area contributed by atoms with E-state index < -0.39 is 0 Å². The molecule has 1 aromatic rings. The van der Waals surface area contributed by atoms with E-state index in [4.69, 9.17) is 17.0 Å². The summed E-state index contributed by atoms with van der Waals surface area (Å²) in [6.45, 7) is 3.30. The molecule has 2 aliphatic heterocycles. The van der Waals surface area contributed by atoms with Gasteiger partial charge in [-0.2, -0.15) is 0 Å². The van der Waals surface area contributed by atoms with E-state index in [1.54, 1.807) is 16.2 Å². The van der Waals surface area contributed by atoms with Gasteiger partial charge in [-0.25, -0.2) is 0 Å². The SMILES string of the molecule is O=C(CCCCCN1C(=O)/C(=C/c2cccs2)SC1=S)N1CCOCC1. The van der Waals surface area contributed by atoms with Crippen LogP contribution in [0.15, 0.2) is 22.4 Å². The van der Waals surface area contributed by atoms with Gasteiger partial charge in [0, 0.05) is 30.9 Å². The summed E-state index contributed by atoms with van der Waals surface area (Å²) in [7, 11) is 0. The number of hydrogen-bond donors (Lipinski definition) is 0. The molecule has 26 heavy (non-hydrogen) atoms. The first-order chi connectivity index (χ1) is 12.6. The molecule has 2 amide bonds. The van der Waals surface area contributed by atoms with Crippen LogP contribution in [0.1, 0.15) is 30.6 Å². The lowest BCUT2D eigenvalue weighted by molar-refractivity contribution is -0.135. The molecule has 0 unspecified atom stereocenters. The van der Waals surface area contributed by atoms with Crippen LogP contribution in [0.25, 0.3) is 6.08 Å². The van der Waals surface area contributed by atoms with Gasteiger partial charge in [-0.15, -0.1) is 11.3 Å². The Kier molecular flexibility index (Phi) is 7.24. The molecule has 3 rings (SSSR count). The maximum absolute atomic E-state index is 12.5. The van der Waals surface area contributed by atoms with Crippen LogP contribution in [0.4, 0.5) is 0 Å². The van der Waals surface area contributed by atoms with Crippen molar-refractivity contribution in [2.24, 2.45) is 0 Å². The van der Waals surface area contributed by atoms with Gasteiger partial charge in [-0.1, -0.05) is 36.5 Å². The molecule has 0 N–H and O–H groups in total. The Balaban J connectivity index is 1.38. The Morgan fingerprint density at radius 1 is 1.27 bits per heavy atom. The molecular weight excluding hydrogens is 388 g/mol. The highest BCUT2D eigenvalue weighted by Gasteiger charge is 2.31. The standard InChI is InChI=1S/C18H22N2O3S3/c21-16(19-8-10-23-11-9-19)6-2-1-3-7-20-17(22)15(26-18(20)24)13-14-5-4-12-25-14/h4-5,12-13H,1-3,6-11H2/b15-13-. The van der Waals surface area contributed by atoms with Crippen molar-refractivity contribution in [3.05, 3.63) is 27.3 Å². The molecule has 3 heterocycles. The lowest BCUT2D eigenvalue weighted by Crippen LogP contribution is -2.40. The zero-order valence-corrected chi connectivity index (χ0v) is 17.0. The van der Waals surface area contributed by atoms with Gasteiger partial charge in [0.15, 0.2) is 0 Å². The lowest BCUT2D eigenvalue weighted by atomic mass is 10.1. The van der Waals surface area contributed by atoms with Crippen molar-refractivity contribution in [1.29, 1.82) is 0 Å². The average Bonchev–Trinajstić information content (AvgIpc) is 3.25. The van der Waals surface area contributed by atoms with Crippen LogP contribution >= 0.6 is 35.3 Å². The predicted octanol–water partition coefficient (Wildman–Crippen LogP) is 3.37. The number of nitrogens with zero attached hydrogens (tertiary/aromatic N) is 2. The molecule has 5 nitrogen and oxygen atoms in total. The van der Waals surface area contributed by atoms with E-state index in [0.29, 0.717) is 48.5 Å². The monoisotopic (exact) mass is 410 g/mol. The first kappa shape index (κ1) is 19.5. The minimum absolute atomic E-state index is 0.00204. The molecule has 2 fully saturated rings. The van der Waals surface area contributed by atoms with E-state index in [1.807, 2.05) is 28.5 Å². The van der Waals surface area contributed by atoms with Gasteiger partial charge < -0.3 is 9.64 Å². The molecule has 0 bridgehead atoms. The van der Waals surface area contributed by atoms with Gasteiger partial charge in [-0.05, 0) is 30.4 Å². The number of hydrogen-bond acceptors (Lipinski definition) is 6. The summed E-state index contributed by atoms with van der Waals surface area (Å²) in [6.07, 6.45) is 5.09. The first-order valence-corrected chi connectivity index (χ1v) is 10.9. The maximum Gasteiger partial charge on any atom is 0.266 e. The van der Waals surface area contributed by atoms with Crippen molar-refractivity contribution >= 4 is 57.5 Å². The number of thiophene rings is 1. The van der Waals surface area contributed by atoms with Crippen molar-refractivity contribution in [1.82, 2.24) is 9.80 Å². The number of rotatable bonds is 7. The highest BCUT2D eigenvalue weighted by atomic mass is 32.2. The van der Waals surface area contributed by atoms with Crippen molar-refractivity contribution in [2.75, 3.05) is 32.8 Å². The van der Waals surface area contributed by atoms with E-state index >= 15 is 0 Å². The third-order valence-corrected chi connectivity index (χ3v) is 6.52. The third kappa shape index (κ3) is 5.16. The highest BCUT2D eigenvalue weighted by molar-refractivity contribution is 8.26. The van der Waals surface area contributed by atoms with Gasteiger partial charge in [0.2, 0.25) is 5.91 Å². The van der Waals surface area contributed by atoms with Crippen LogP contribution in [0, 0.1) is 0 Å². The second kappa shape index (κ2) is 9.64. The Hall–Kier alpha value is -1.22. The summed E-state index contributed by atoms with van der Waals surface area (Å²) in [5.41, 5.74) is 0. The number of morpholine rings is 1. The lowest BCUT2D eigenvalue weighted by Gasteiger charge is -2.26. The number of thiocarbonyl (C=S) groups is 1. The maximum atomic E-state index is 12.5. The summed E-state index contributed by atoms with van der Waals surface area (Å²) < 4.78 is 5.89. The smallest absolute Gasteiger partial charge is 0.266 e. The largest absolute Gasteiger partial charge is 0.378 e. The van der Waals surface area contributed by atoms with E-state index in [1.165, 1.54) is 11.8 Å². The van der Waals surface area contributed by atoms with Crippen molar-refractivity contribution in [3.63, 3.8) is 0 Å². The van der Waals surface area contributed by atoms with Crippen LogP contribution in [0.3, 0.4) is 0 Å². The Morgan fingerprint density at radius 3 is 2.81 bits per heavy atom. The third-order valence-electron chi connectivity index (χ3n) is 4.33. The van der Waals surface area contributed by atoms with Gasteiger partial charge in [0.25, 0.3) is 5.91 Å². The molecule has 2 saturated heterocycles. The molecular formula is C18H22N2O3S3. The number of carbonyl (C=O) groups is 2. The summed E-state index contributed by atoms with van der Waals surface area (Å²) in [5.74, 6) is 0.204. The summed E-state index contributed by atoms with van der Waals surface area (Å²) in [5, 5.41) is 1.99. The van der Waals surface area contributed by atoms with Crippen molar-refractivity contribution in [3.8, 4) is 0 Å². The van der Waals surface area contributed by atoms with Gasteiger partial charge >= 0.3 is 0 Å². The summed E-state index contributed by atoms with van der Waals surface area (Å²) in [4.78, 5) is 29.9. The van der Waals surface area contributed by atoms with Crippen molar-refractivity contribution < 1.29 is 14.3 Å². The Morgan fingerprint density at radius 2 is 2.08 bits per heavy atom. The number of carbonyl (C=O) groups excluding carboxylic acids is 2. The second-order valence-electron chi connectivity index (χ2n) is 6.15. The van der Waals surface area contributed by atoms with Gasteiger partial charge in [0.05, 0.1) is 18.1 Å². The van der Waals surface area contributed by atoms with Gasteiger partial charge in [-0.3, -0.25) is 14.5 Å². The average molecular weight is 411 g/mol. The normalized spacial score (nSPS) is 19.6. The number of amides is 2. The molecule has 0 saturated carbocycles. The fourth-order valence-electron chi connectivity index (χ4n) is 2.89. The van der Waals surface area contributed by atoms with Crippen LogP contribution in [0.2, 0.25) is 0 Å². The quantitative estimate of drug-likeness (QED) is 0.392. The molecule has 140 valence electrons. The predicted molar refractivity (Wildman–Crippen MR) is 110 cm³/mol. The minimum atomic E-state index is -0.00204. The van der Waals surface area contributed by atoms with E-state index in [2.05, 4.69) is 0 Å². The fourth-order valence-corrected chi connectivity index (χ4v) is 4.92. The molecule has 2 aliphatic rings. The second-order valence-corrected chi connectivity index (χ2v) is 8.81. The van der Waals surface area contributed by atoms with E-state index in [-0.39, 0.29) is 11.8 Å². The summed E-state index contributed by atoms with van der Waals surface area (Å²) >= 11 is 8.33. The molecule has 0 aliphatic carbocycles. The van der Waals surface area contributed by atoms with E-state index in [9.17, 15) is 9.59 Å². The van der Waals surface area contributed by atoms with Crippen LogP contribution in [-0.2, 0) is 14.3 Å². The Labute approximate surface area is 167 Å². The molecule has 0 aromatic carbocycles. The number of unbranched alkanes of at least 4 members (excludes halogenated alkanes) is 2. The Bertz CT molecular complexity index is 682. The van der Waals surface area contributed by atoms with Gasteiger partial charge in [0.1, 0.15) is 4.32 Å². The first-order valence-electron chi connectivity index (χ1n) is 8.79. The zero-order valence-electron chi connectivity index (χ0n) is 14.5. The molecule has 0 radical (unpaired) electrons. The number of thioether (sulfide) groups is 1. The van der Waals surface area contributed by atoms with Crippen LogP contribution in [-0.4, -0.2) is 58.8 Å². The van der Waals surface area contributed by atoms with Crippen molar-refractivity contribution in [2.45, 2.75) is 25.7 Å². The number of ether oxygens (including phenoxy) is 1. The van der Waals surface area contributed by atoms with E-state index in [0.717, 1.165) is 24.1 Å². The molecule has 8 heteroatoms. The molecule has 0 atom stereocenters. The van der Waals surface area contributed by atoms with Crippen LogP contribution < -0.4 is 0 Å². The summed E-state index contributed by atoms with van der Waals surface area (Å²) in [6, 6.07) is 3.96. The van der Waals surface area contributed by atoms with Crippen LogP contribution in [0.5, 0.6) is 0 Å². The topological polar surface area (TPSA) is 49.9 Å².